The molecule has 2 fully saturated rings. The molecule has 1 aromatic heterocycles. The van der Waals surface area contributed by atoms with Crippen molar-refractivity contribution in [2.75, 3.05) is 26.2 Å². The van der Waals surface area contributed by atoms with E-state index in [4.69, 9.17) is 0 Å². The van der Waals surface area contributed by atoms with Gasteiger partial charge in [-0.1, -0.05) is 6.07 Å². The maximum atomic E-state index is 15.5. The highest BCUT2D eigenvalue weighted by Gasteiger charge is 2.45. The molecule has 4 rings (SSSR count). The molecule has 1 aromatic carbocycles. The number of alkyl halides is 2. The van der Waals surface area contributed by atoms with Crippen LogP contribution in [-0.4, -0.2) is 57.8 Å². The Morgan fingerprint density at radius 2 is 1.81 bits per heavy atom. The van der Waals surface area contributed by atoms with Crippen molar-refractivity contribution in [3.63, 3.8) is 0 Å². The van der Waals surface area contributed by atoms with Gasteiger partial charge < -0.3 is 4.90 Å². The first-order chi connectivity index (χ1) is 15.4. The molecular formula is C23H26F4N4O. The number of carbonyl (C=O) groups is 1. The van der Waals surface area contributed by atoms with Gasteiger partial charge in [-0.25, -0.2) is 17.6 Å². The van der Waals surface area contributed by atoms with E-state index in [-0.39, 0.29) is 31.5 Å². The minimum absolute atomic E-state index is 0.108. The lowest BCUT2D eigenvalue weighted by Crippen LogP contribution is -2.54. The van der Waals surface area contributed by atoms with E-state index in [0.29, 0.717) is 38.5 Å². The van der Waals surface area contributed by atoms with Crippen LogP contribution < -0.4 is 0 Å². The lowest BCUT2D eigenvalue weighted by atomic mass is 9.86. The minimum Gasteiger partial charge on any atom is -0.340 e. The molecule has 2 aromatic rings. The van der Waals surface area contributed by atoms with Gasteiger partial charge in [-0.15, -0.1) is 0 Å². The molecule has 0 N–H and O–H groups in total. The summed E-state index contributed by atoms with van der Waals surface area (Å²) in [6, 6.07) is 4.69. The number of hydrogen-bond acceptors (Lipinski definition) is 4. The molecule has 2 aliphatic heterocycles. The molecule has 0 radical (unpaired) electrons. The van der Waals surface area contributed by atoms with Crippen molar-refractivity contribution >= 4 is 5.91 Å². The fourth-order valence-corrected chi connectivity index (χ4v) is 4.61. The molecule has 3 heterocycles. The van der Waals surface area contributed by atoms with E-state index in [1.165, 1.54) is 4.90 Å². The Morgan fingerprint density at radius 1 is 1.09 bits per heavy atom. The first-order valence-corrected chi connectivity index (χ1v) is 10.9. The fraction of sp³-hybridized carbons (Fsp3) is 0.522. The Balaban J connectivity index is 1.29. The van der Waals surface area contributed by atoms with Crippen LogP contribution in [0.2, 0.25) is 0 Å². The summed E-state index contributed by atoms with van der Waals surface area (Å²) in [5, 5.41) is 7.58. The number of carbonyl (C=O) groups excluding carboxylic acids is 1. The largest absolute Gasteiger partial charge is 0.340 e. The van der Waals surface area contributed by atoms with Gasteiger partial charge in [-0.2, -0.15) is 10.2 Å². The molecule has 32 heavy (non-hydrogen) atoms. The topological polar surface area (TPSA) is 49.3 Å². The normalized spacial score (nSPS) is 20.8. The van der Waals surface area contributed by atoms with E-state index < -0.39 is 35.3 Å². The van der Waals surface area contributed by atoms with Gasteiger partial charge in [0.15, 0.2) is 5.67 Å². The first-order valence-electron chi connectivity index (χ1n) is 10.9. The number of benzene rings is 1. The van der Waals surface area contributed by atoms with Crippen molar-refractivity contribution in [2.24, 2.45) is 5.92 Å². The number of likely N-dealkylation sites (tertiary alicyclic amines) is 2. The van der Waals surface area contributed by atoms with Gasteiger partial charge in [-0.05, 0) is 36.5 Å². The Kier molecular flexibility index (Phi) is 6.74. The van der Waals surface area contributed by atoms with E-state index in [2.05, 4.69) is 15.1 Å². The summed E-state index contributed by atoms with van der Waals surface area (Å²) in [4.78, 5) is 16.4. The zero-order valence-corrected chi connectivity index (χ0v) is 17.7. The zero-order chi connectivity index (χ0) is 22.7. The highest BCUT2D eigenvalue weighted by atomic mass is 19.2. The average Bonchev–Trinajstić information content (AvgIpc) is 2.81. The predicted octanol–water partition coefficient (Wildman–Crippen LogP) is 4.01. The number of hydrogen-bond donors (Lipinski definition) is 0. The lowest BCUT2D eigenvalue weighted by Gasteiger charge is -2.40. The van der Waals surface area contributed by atoms with Crippen LogP contribution in [0.4, 0.5) is 17.6 Å². The van der Waals surface area contributed by atoms with E-state index in [9.17, 15) is 18.0 Å². The van der Waals surface area contributed by atoms with Crippen molar-refractivity contribution in [1.29, 1.82) is 0 Å². The second-order valence-electron chi connectivity index (χ2n) is 8.69. The summed E-state index contributed by atoms with van der Waals surface area (Å²) in [7, 11) is 0. The predicted molar refractivity (Wildman–Crippen MR) is 110 cm³/mol. The summed E-state index contributed by atoms with van der Waals surface area (Å²) >= 11 is 0. The highest BCUT2D eigenvalue weighted by Crippen LogP contribution is 2.37. The van der Waals surface area contributed by atoms with Crippen molar-refractivity contribution in [3.8, 4) is 0 Å². The molecule has 1 atom stereocenters. The van der Waals surface area contributed by atoms with Crippen LogP contribution in [0.15, 0.2) is 36.7 Å². The van der Waals surface area contributed by atoms with Crippen LogP contribution in [-0.2, 0) is 11.3 Å². The SMILES string of the molecule is O=C(N1CCC(C(F)c2ccc(F)cc2F)CC1)C1(F)CCN(Cc2ccnnc2)CC1. The Bertz CT molecular complexity index is 929. The van der Waals surface area contributed by atoms with Crippen LogP contribution in [0.5, 0.6) is 0 Å². The van der Waals surface area contributed by atoms with Gasteiger partial charge in [0.1, 0.15) is 17.8 Å². The van der Waals surface area contributed by atoms with Crippen molar-refractivity contribution in [2.45, 2.75) is 44.1 Å². The first kappa shape index (κ1) is 22.6. The van der Waals surface area contributed by atoms with E-state index in [0.717, 1.165) is 17.7 Å². The molecule has 0 bridgehead atoms. The number of halogens is 4. The van der Waals surface area contributed by atoms with Gasteiger partial charge in [0.25, 0.3) is 5.91 Å². The Hall–Kier alpha value is -2.55. The Labute approximate surface area is 184 Å². The standard InChI is InChI=1S/C23H26F4N4O/c24-18-1-2-19(20(25)13-18)21(26)17-4-9-31(10-5-17)22(32)23(27)6-11-30(12-7-23)15-16-3-8-28-29-14-16/h1-3,8,13-14,17,21H,4-7,9-12,15H2. The zero-order valence-electron chi connectivity index (χ0n) is 17.7. The van der Waals surface area contributed by atoms with E-state index >= 15 is 4.39 Å². The number of amides is 1. The maximum absolute atomic E-state index is 15.5. The van der Waals surface area contributed by atoms with Crippen LogP contribution >= 0.6 is 0 Å². The van der Waals surface area contributed by atoms with Crippen LogP contribution in [0.25, 0.3) is 0 Å². The highest BCUT2D eigenvalue weighted by molar-refractivity contribution is 5.85. The molecule has 5 nitrogen and oxygen atoms in total. The third-order valence-corrected chi connectivity index (χ3v) is 6.58. The smallest absolute Gasteiger partial charge is 0.260 e. The fourth-order valence-electron chi connectivity index (χ4n) is 4.61. The van der Waals surface area contributed by atoms with Gasteiger partial charge >= 0.3 is 0 Å². The molecule has 0 saturated carbocycles. The molecule has 2 saturated heterocycles. The average molecular weight is 450 g/mol. The third-order valence-electron chi connectivity index (χ3n) is 6.58. The van der Waals surface area contributed by atoms with Crippen molar-refractivity contribution in [3.05, 3.63) is 59.4 Å². The molecule has 9 heteroatoms. The number of nitrogens with zero attached hydrogens (tertiary/aromatic N) is 4. The summed E-state index contributed by atoms with van der Waals surface area (Å²) in [5.41, 5.74) is -1.11. The maximum Gasteiger partial charge on any atom is 0.260 e. The van der Waals surface area contributed by atoms with E-state index in [1.54, 1.807) is 12.4 Å². The number of rotatable bonds is 5. The summed E-state index contributed by atoms with van der Waals surface area (Å²) in [5.74, 6) is -2.70. The van der Waals surface area contributed by atoms with Crippen LogP contribution in [0.1, 0.15) is 43.0 Å². The van der Waals surface area contributed by atoms with Gasteiger partial charge in [-0.3, -0.25) is 9.69 Å². The summed E-state index contributed by atoms with van der Waals surface area (Å²) < 4.78 is 57.3. The van der Waals surface area contributed by atoms with Gasteiger partial charge in [0.05, 0.1) is 6.20 Å². The van der Waals surface area contributed by atoms with Gasteiger partial charge in [0, 0.05) is 63.4 Å². The lowest BCUT2D eigenvalue weighted by molar-refractivity contribution is -0.149. The monoisotopic (exact) mass is 450 g/mol. The van der Waals surface area contributed by atoms with Crippen molar-refractivity contribution < 1.29 is 22.4 Å². The molecule has 0 spiro atoms. The molecule has 1 amide bonds. The third kappa shape index (κ3) is 4.92. The van der Waals surface area contributed by atoms with Crippen LogP contribution in [0, 0.1) is 17.6 Å². The second-order valence-corrected chi connectivity index (χ2v) is 8.69. The van der Waals surface area contributed by atoms with Gasteiger partial charge in [0.2, 0.25) is 0 Å². The minimum atomic E-state index is -1.92. The number of aromatic nitrogens is 2. The second kappa shape index (κ2) is 9.52. The molecular weight excluding hydrogens is 424 g/mol. The van der Waals surface area contributed by atoms with E-state index in [1.807, 2.05) is 6.07 Å². The quantitative estimate of drug-likeness (QED) is 0.646. The van der Waals surface area contributed by atoms with Crippen molar-refractivity contribution in [1.82, 2.24) is 20.0 Å². The molecule has 2 aliphatic rings. The Morgan fingerprint density at radius 3 is 2.44 bits per heavy atom. The summed E-state index contributed by atoms with van der Waals surface area (Å²) in [6.45, 7) is 1.99. The van der Waals surface area contributed by atoms with Crippen LogP contribution in [0.3, 0.4) is 0 Å². The summed E-state index contributed by atoms with van der Waals surface area (Å²) in [6.07, 6.45) is 2.52. The molecule has 1 unspecified atom stereocenters. The molecule has 172 valence electrons. The molecule has 0 aliphatic carbocycles. The number of piperidine rings is 2.